The lowest BCUT2D eigenvalue weighted by atomic mass is 9.97. The lowest BCUT2D eigenvalue weighted by Crippen LogP contribution is -2.50. The molecular formula is C18H25N3O3S. The van der Waals surface area contributed by atoms with E-state index in [2.05, 4.69) is 5.32 Å². The van der Waals surface area contributed by atoms with Crippen LogP contribution in [0.5, 0.6) is 0 Å². The van der Waals surface area contributed by atoms with Crippen LogP contribution in [0.15, 0.2) is 17.5 Å². The van der Waals surface area contributed by atoms with Gasteiger partial charge in [-0.2, -0.15) is 0 Å². The third-order valence-corrected chi connectivity index (χ3v) is 6.10. The molecule has 6 nitrogen and oxygen atoms in total. The zero-order valence-corrected chi connectivity index (χ0v) is 15.6. The van der Waals surface area contributed by atoms with Gasteiger partial charge in [0.15, 0.2) is 0 Å². The molecule has 0 radical (unpaired) electrons. The first-order valence-electron chi connectivity index (χ1n) is 8.87. The highest BCUT2D eigenvalue weighted by Gasteiger charge is 2.43. The Bertz CT molecular complexity index is 640. The van der Waals surface area contributed by atoms with Crippen molar-refractivity contribution in [3.8, 4) is 0 Å². The summed E-state index contributed by atoms with van der Waals surface area (Å²) in [7, 11) is 1.74. The van der Waals surface area contributed by atoms with Crippen molar-refractivity contribution < 1.29 is 14.4 Å². The Morgan fingerprint density at radius 1 is 1.28 bits per heavy atom. The van der Waals surface area contributed by atoms with E-state index < -0.39 is 12.0 Å². The summed E-state index contributed by atoms with van der Waals surface area (Å²) in [4.78, 5) is 41.9. The minimum Gasteiger partial charge on any atom is -0.344 e. The van der Waals surface area contributed by atoms with Gasteiger partial charge in [-0.25, -0.2) is 0 Å². The SMILES string of the molecule is CC(NC(=O)C1CC(=O)N(C)C1c1cccs1)C(=O)N1CCCCC1. The van der Waals surface area contributed by atoms with Gasteiger partial charge in [-0.15, -0.1) is 11.3 Å². The number of carbonyl (C=O) groups is 3. The standard InChI is InChI=1S/C18H25N3O3S/c1-12(18(24)21-8-4-3-5-9-21)19-17(23)13-11-15(22)20(2)16(13)14-7-6-10-25-14/h6-7,10,12-13,16H,3-5,8-9,11H2,1-2H3,(H,19,23). The van der Waals surface area contributed by atoms with Gasteiger partial charge < -0.3 is 15.1 Å². The van der Waals surface area contributed by atoms with Gasteiger partial charge in [0.25, 0.3) is 0 Å². The molecule has 0 aromatic carbocycles. The third kappa shape index (κ3) is 3.71. The van der Waals surface area contributed by atoms with Crippen molar-refractivity contribution in [3.05, 3.63) is 22.4 Å². The number of hydrogen-bond donors (Lipinski definition) is 1. The monoisotopic (exact) mass is 363 g/mol. The van der Waals surface area contributed by atoms with E-state index in [1.165, 1.54) is 0 Å². The van der Waals surface area contributed by atoms with Gasteiger partial charge in [-0.05, 0) is 37.6 Å². The summed E-state index contributed by atoms with van der Waals surface area (Å²) in [5, 5.41) is 4.80. The van der Waals surface area contributed by atoms with Crippen molar-refractivity contribution in [1.82, 2.24) is 15.1 Å². The molecule has 3 atom stereocenters. The van der Waals surface area contributed by atoms with Gasteiger partial charge in [-0.1, -0.05) is 6.07 Å². The van der Waals surface area contributed by atoms with Crippen LogP contribution in [0.1, 0.15) is 43.5 Å². The largest absolute Gasteiger partial charge is 0.344 e. The molecule has 1 aromatic rings. The van der Waals surface area contributed by atoms with Crippen LogP contribution in [-0.2, 0) is 14.4 Å². The number of nitrogens with one attached hydrogen (secondary N) is 1. The fourth-order valence-electron chi connectivity index (χ4n) is 3.72. The van der Waals surface area contributed by atoms with Crippen molar-refractivity contribution in [2.24, 2.45) is 5.92 Å². The summed E-state index contributed by atoms with van der Waals surface area (Å²) >= 11 is 1.55. The number of carbonyl (C=O) groups excluding carboxylic acids is 3. The van der Waals surface area contributed by atoms with Gasteiger partial charge in [-0.3, -0.25) is 14.4 Å². The van der Waals surface area contributed by atoms with E-state index in [0.29, 0.717) is 0 Å². The number of likely N-dealkylation sites (tertiary alicyclic amines) is 2. The van der Waals surface area contributed by atoms with E-state index in [-0.39, 0.29) is 30.2 Å². The lowest BCUT2D eigenvalue weighted by Gasteiger charge is -2.30. The molecule has 2 aliphatic heterocycles. The molecule has 7 heteroatoms. The molecule has 3 heterocycles. The number of piperidine rings is 1. The van der Waals surface area contributed by atoms with E-state index in [0.717, 1.165) is 37.2 Å². The molecule has 3 amide bonds. The first-order valence-corrected chi connectivity index (χ1v) is 9.75. The predicted molar refractivity (Wildman–Crippen MR) is 96.0 cm³/mol. The zero-order chi connectivity index (χ0) is 18.0. The molecular weight excluding hydrogens is 338 g/mol. The quantitative estimate of drug-likeness (QED) is 0.887. The van der Waals surface area contributed by atoms with E-state index >= 15 is 0 Å². The lowest BCUT2D eigenvalue weighted by molar-refractivity contribution is -0.137. The number of amides is 3. The summed E-state index contributed by atoms with van der Waals surface area (Å²) in [5.74, 6) is -0.728. The van der Waals surface area contributed by atoms with Crippen LogP contribution in [-0.4, -0.2) is 53.7 Å². The molecule has 2 aliphatic rings. The van der Waals surface area contributed by atoms with Crippen LogP contribution >= 0.6 is 11.3 Å². The number of hydrogen-bond acceptors (Lipinski definition) is 4. The number of thiophene rings is 1. The molecule has 1 N–H and O–H groups in total. The van der Waals surface area contributed by atoms with E-state index in [9.17, 15) is 14.4 Å². The third-order valence-electron chi connectivity index (χ3n) is 5.15. The summed E-state index contributed by atoms with van der Waals surface area (Å²) < 4.78 is 0. The Hall–Kier alpha value is -1.89. The second kappa shape index (κ2) is 7.56. The summed E-state index contributed by atoms with van der Waals surface area (Å²) in [5.41, 5.74) is 0. The molecule has 25 heavy (non-hydrogen) atoms. The number of nitrogens with zero attached hydrogens (tertiary/aromatic N) is 2. The Kier molecular flexibility index (Phi) is 5.42. The van der Waals surface area contributed by atoms with E-state index in [1.807, 2.05) is 22.4 Å². The summed E-state index contributed by atoms with van der Waals surface area (Å²) in [6.07, 6.45) is 3.39. The summed E-state index contributed by atoms with van der Waals surface area (Å²) in [6.45, 7) is 3.26. The summed E-state index contributed by atoms with van der Waals surface area (Å²) in [6, 6.07) is 3.07. The van der Waals surface area contributed by atoms with Crippen molar-refractivity contribution in [2.45, 2.75) is 44.7 Å². The van der Waals surface area contributed by atoms with Gasteiger partial charge in [0.05, 0.1) is 12.0 Å². The minimum absolute atomic E-state index is 0.0293. The second-order valence-electron chi connectivity index (χ2n) is 6.89. The topological polar surface area (TPSA) is 69.7 Å². The fourth-order valence-corrected chi connectivity index (χ4v) is 4.66. The van der Waals surface area contributed by atoms with E-state index in [1.54, 1.807) is 30.2 Å². The molecule has 136 valence electrons. The van der Waals surface area contributed by atoms with Gasteiger partial charge >= 0.3 is 0 Å². The number of rotatable bonds is 4. The Morgan fingerprint density at radius 3 is 2.64 bits per heavy atom. The highest BCUT2D eigenvalue weighted by molar-refractivity contribution is 7.10. The van der Waals surface area contributed by atoms with E-state index in [4.69, 9.17) is 0 Å². The Balaban J connectivity index is 1.67. The maximum atomic E-state index is 12.8. The average molecular weight is 363 g/mol. The molecule has 0 saturated carbocycles. The Labute approximate surface area is 152 Å². The molecule has 2 fully saturated rings. The van der Waals surface area contributed by atoms with Crippen molar-refractivity contribution in [2.75, 3.05) is 20.1 Å². The zero-order valence-electron chi connectivity index (χ0n) is 14.7. The van der Waals surface area contributed by atoms with Crippen LogP contribution in [0, 0.1) is 5.92 Å². The van der Waals surface area contributed by atoms with Gasteiger partial charge in [0.1, 0.15) is 6.04 Å². The predicted octanol–water partition coefficient (Wildman–Crippen LogP) is 1.78. The second-order valence-corrected chi connectivity index (χ2v) is 7.87. The first kappa shape index (κ1) is 17.9. The van der Waals surface area contributed by atoms with Crippen LogP contribution < -0.4 is 5.32 Å². The van der Waals surface area contributed by atoms with Crippen molar-refractivity contribution >= 4 is 29.1 Å². The highest BCUT2D eigenvalue weighted by atomic mass is 32.1. The molecule has 2 saturated heterocycles. The van der Waals surface area contributed by atoms with Crippen LogP contribution in [0.3, 0.4) is 0 Å². The molecule has 3 unspecified atom stereocenters. The van der Waals surface area contributed by atoms with Crippen LogP contribution in [0.2, 0.25) is 0 Å². The molecule has 0 aliphatic carbocycles. The maximum Gasteiger partial charge on any atom is 0.244 e. The first-order chi connectivity index (χ1) is 12.0. The Morgan fingerprint density at radius 2 is 2.00 bits per heavy atom. The molecule has 0 spiro atoms. The highest BCUT2D eigenvalue weighted by Crippen LogP contribution is 2.39. The normalized spacial score (nSPS) is 25.1. The van der Waals surface area contributed by atoms with Gasteiger partial charge in [0, 0.05) is 31.4 Å². The molecule has 0 bridgehead atoms. The maximum absolute atomic E-state index is 12.8. The van der Waals surface area contributed by atoms with Crippen LogP contribution in [0.4, 0.5) is 0 Å². The molecule has 3 rings (SSSR count). The minimum atomic E-state index is -0.560. The van der Waals surface area contributed by atoms with Gasteiger partial charge in [0.2, 0.25) is 17.7 Å². The fraction of sp³-hybridized carbons (Fsp3) is 0.611. The smallest absolute Gasteiger partial charge is 0.244 e. The van der Waals surface area contributed by atoms with Crippen molar-refractivity contribution in [1.29, 1.82) is 0 Å². The van der Waals surface area contributed by atoms with Crippen LogP contribution in [0.25, 0.3) is 0 Å². The average Bonchev–Trinajstić information content (AvgIpc) is 3.23. The molecule has 1 aromatic heterocycles. The van der Waals surface area contributed by atoms with Crippen molar-refractivity contribution in [3.63, 3.8) is 0 Å².